The lowest BCUT2D eigenvalue weighted by atomic mass is 10.2. The van der Waals surface area contributed by atoms with Gasteiger partial charge in [0.1, 0.15) is 0 Å². The van der Waals surface area contributed by atoms with Crippen LogP contribution in [0.15, 0.2) is 0 Å². The van der Waals surface area contributed by atoms with Crippen LogP contribution in [-0.4, -0.2) is 49.0 Å². The van der Waals surface area contributed by atoms with E-state index < -0.39 is 0 Å². The van der Waals surface area contributed by atoms with Gasteiger partial charge in [-0.15, -0.1) is 0 Å². The van der Waals surface area contributed by atoms with Gasteiger partial charge in [0.25, 0.3) is 0 Å². The van der Waals surface area contributed by atoms with Crippen molar-refractivity contribution in [2.75, 3.05) is 26.4 Å². The minimum Gasteiger partial charge on any atom is -0.378 e. The van der Waals surface area contributed by atoms with Crippen LogP contribution in [0.1, 0.15) is 33.6 Å². The third-order valence-corrected chi connectivity index (χ3v) is 3.28. The molecule has 2 unspecified atom stereocenters. The molecule has 2 rings (SSSR count). The predicted molar refractivity (Wildman–Crippen MR) is 60.0 cm³/mol. The highest BCUT2D eigenvalue weighted by Gasteiger charge is 2.35. The zero-order valence-electron chi connectivity index (χ0n) is 10.2. The molecule has 2 fully saturated rings. The molecular formula is C12H23NO2. The number of fused-ring (bicyclic) bond motifs is 1. The normalized spacial score (nSPS) is 33.0. The summed E-state index contributed by atoms with van der Waals surface area (Å²) in [4.78, 5) is 2.58. The van der Waals surface area contributed by atoms with Crippen LogP contribution >= 0.6 is 0 Å². The molecule has 0 bridgehead atoms. The van der Waals surface area contributed by atoms with Crippen molar-refractivity contribution in [3.05, 3.63) is 0 Å². The Labute approximate surface area is 92.7 Å². The monoisotopic (exact) mass is 213 g/mol. The Bertz CT molecular complexity index is 212. The van der Waals surface area contributed by atoms with Gasteiger partial charge in [-0.25, -0.2) is 0 Å². The Balaban J connectivity index is 1.83. The minimum atomic E-state index is -0.00955. The molecule has 0 aromatic rings. The van der Waals surface area contributed by atoms with E-state index in [1.165, 1.54) is 12.8 Å². The Hall–Kier alpha value is -0.120. The van der Waals surface area contributed by atoms with E-state index in [-0.39, 0.29) is 5.60 Å². The number of hydrogen-bond acceptors (Lipinski definition) is 3. The number of hydrogen-bond donors (Lipinski definition) is 0. The van der Waals surface area contributed by atoms with Crippen LogP contribution in [0.3, 0.4) is 0 Å². The van der Waals surface area contributed by atoms with E-state index >= 15 is 0 Å². The summed E-state index contributed by atoms with van der Waals surface area (Å²) < 4.78 is 11.4. The van der Waals surface area contributed by atoms with Gasteiger partial charge in [0.2, 0.25) is 0 Å². The molecule has 88 valence electrons. The summed E-state index contributed by atoms with van der Waals surface area (Å²) in [5.41, 5.74) is -0.00955. The van der Waals surface area contributed by atoms with Gasteiger partial charge in [0.15, 0.2) is 0 Å². The first-order valence-corrected chi connectivity index (χ1v) is 6.04. The van der Waals surface area contributed by atoms with Gasteiger partial charge in [0, 0.05) is 18.6 Å². The van der Waals surface area contributed by atoms with Crippen LogP contribution in [0.25, 0.3) is 0 Å². The number of morpholine rings is 1. The molecule has 15 heavy (non-hydrogen) atoms. The van der Waals surface area contributed by atoms with E-state index in [4.69, 9.17) is 9.47 Å². The molecule has 0 spiro atoms. The third-order valence-electron chi connectivity index (χ3n) is 3.28. The van der Waals surface area contributed by atoms with Crippen molar-refractivity contribution in [1.29, 1.82) is 0 Å². The quantitative estimate of drug-likeness (QED) is 0.696. The van der Waals surface area contributed by atoms with E-state index in [2.05, 4.69) is 25.7 Å². The summed E-state index contributed by atoms with van der Waals surface area (Å²) in [6.07, 6.45) is 2.54. The van der Waals surface area contributed by atoms with Crippen LogP contribution in [0.4, 0.5) is 0 Å². The Morgan fingerprint density at radius 3 is 2.87 bits per heavy atom. The summed E-state index contributed by atoms with van der Waals surface area (Å²) in [6, 6.07) is 1.28. The van der Waals surface area contributed by atoms with Crippen LogP contribution in [0.2, 0.25) is 0 Å². The van der Waals surface area contributed by atoms with Gasteiger partial charge in [0.05, 0.1) is 25.4 Å². The van der Waals surface area contributed by atoms with E-state index in [0.29, 0.717) is 12.1 Å². The molecule has 0 saturated carbocycles. The molecule has 3 heteroatoms. The Morgan fingerprint density at radius 2 is 2.13 bits per heavy atom. The summed E-state index contributed by atoms with van der Waals surface area (Å²) in [6.45, 7) is 10.1. The average Bonchev–Trinajstić information content (AvgIpc) is 2.57. The van der Waals surface area contributed by atoms with E-state index in [1.54, 1.807) is 0 Å². The Kier molecular flexibility index (Phi) is 3.33. The van der Waals surface area contributed by atoms with Crippen LogP contribution in [0.5, 0.6) is 0 Å². The van der Waals surface area contributed by atoms with Gasteiger partial charge < -0.3 is 9.47 Å². The highest BCUT2D eigenvalue weighted by Crippen LogP contribution is 2.27. The van der Waals surface area contributed by atoms with E-state index in [0.717, 1.165) is 26.4 Å². The van der Waals surface area contributed by atoms with Crippen LogP contribution < -0.4 is 0 Å². The topological polar surface area (TPSA) is 21.7 Å². The van der Waals surface area contributed by atoms with Gasteiger partial charge in [-0.3, -0.25) is 4.90 Å². The van der Waals surface area contributed by atoms with Gasteiger partial charge in [-0.2, -0.15) is 0 Å². The van der Waals surface area contributed by atoms with Crippen molar-refractivity contribution in [2.45, 2.75) is 51.3 Å². The molecule has 0 N–H and O–H groups in total. The van der Waals surface area contributed by atoms with Gasteiger partial charge in [-0.1, -0.05) is 0 Å². The van der Waals surface area contributed by atoms with E-state index in [1.807, 2.05) is 0 Å². The van der Waals surface area contributed by atoms with E-state index in [9.17, 15) is 0 Å². The largest absolute Gasteiger partial charge is 0.378 e. The smallest absolute Gasteiger partial charge is 0.0629 e. The first-order valence-electron chi connectivity index (χ1n) is 6.04. The number of rotatable bonds is 2. The summed E-state index contributed by atoms with van der Waals surface area (Å²) in [5.74, 6) is 0. The lowest BCUT2D eigenvalue weighted by molar-refractivity contribution is -0.0554. The molecule has 2 aliphatic rings. The first-order chi connectivity index (χ1) is 7.06. The first kappa shape index (κ1) is 11.4. The second-order valence-electron chi connectivity index (χ2n) is 5.62. The maximum atomic E-state index is 5.88. The fourth-order valence-electron chi connectivity index (χ4n) is 2.47. The minimum absolute atomic E-state index is 0.00955. The number of nitrogens with zero attached hydrogens (tertiary/aromatic N) is 1. The lowest BCUT2D eigenvalue weighted by Gasteiger charge is -2.34. The second-order valence-corrected chi connectivity index (χ2v) is 5.62. The fraction of sp³-hybridized carbons (Fsp3) is 1.00. The molecule has 0 radical (unpaired) electrons. The summed E-state index contributed by atoms with van der Waals surface area (Å²) >= 11 is 0. The second kappa shape index (κ2) is 4.40. The third kappa shape index (κ3) is 2.92. The lowest BCUT2D eigenvalue weighted by Crippen LogP contribution is -2.47. The predicted octanol–water partition coefficient (Wildman–Crippen LogP) is 1.66. The molecule has 2 heterocycles. The molecular weight excluding hydrogens is 190 g/mol. The Morgan fingerprint density at radius 1 is 1.33 bits per heavy atom. The van der Waals surface area contributed by atoms with Crippen LogP contribution in [-0.2, 0) is 9.47 Å². The standard InChI is InChI=1S/C12H23NO2/c1-12(2,3)15-9-11-5-4-10-8-14-7-6-13(10)11/h10-11H,4-9H2,1-3H3. The molecule has 0 aromatic carbocycles. The summed E-state index contributed by atoms with van der Waals surface area (Å²) in [5, 5.41) is 0. The molecule has 0 aromatic heterocycles. The molecule has 2 saturated heterocycles. The number of ether oxygens (including phenoxy) is 2. The highest BCUT2D eigenvalue weighted by atomic mass is 16.5. The maximum Gasteiger partial charge on any atom is 0.0629 e. The van der Waals surface area contributed by atoms with Crippen molar-refractivity contribution in [1.82, 2.24) is 4.90 Å². The maximum absolute atomic E-state index is 5.88. The fourth-order valence-corrected chi connectivity index (χ4v) is 2.47. The van der Waals surface area contributed by atoms with Crippen molar-refractivity contribution >= 4 is 0 Å². The zero-order chi connectivity index (χ0) is 10.9. The average molecular weight is 213 g/mol. The summed E-state index contributed by atoms with van der Waals surface area (Å²) in [7, 11) is 0. The molecule has 0 amide bonds. The van der Waals surface area contributed by atoms with Gasteiger partial charge >= 0.3 is 0 Å². The van der Waals surface area contributed by atoms with Crippen molar-refractivity contribution in [2.24, 2.45) is 0 Å². The van der Waals surface area contributed by atoms with Crippen LogP contribution in [0, 0.1) is 0 Å². The molecule has 3 nitrogen and oxygen atoms in total. The van der Waals surface area contributed by atoms with Gasteiger partial charge in [-0.05, 0) is 33.6 Å². The van der Waals surface area contributed by atoms with Crippen molar-refractivity contribution in [3.63, 3.8) is 0 Å². The molecule has 2 aliphatic heterocycles. The van der Waals surface area contributed by atoms with Crippen molar-refractivity contribution < 1.29 is 9.47 Å². The zero-order valence-corrected chi connectivity index (χ0v) is 10.2. The highest BCUT2D eigenvalue weighted by molar-refractivity contribution is 4.89. The van der Waals surface area contributed by atoms with Crippen molar-refractivity contribution in [3.8, 4) is 0 Å². The molecule has 0 aliphatic carbocycles. The molecule has 2 atom stereocenters. The SMILES string of the molecule is CC(C)(C)OCC1CCC2COCCN21.